The van der Waals surface area contributed by atoms with Crippen molar-refractivity contribution < 1.29 is 38.3 Å². The van der Waals surface area contributed by atoms with Gasteiger partial charge in [-0.15, -0.1) is 11.6 Å². The second kappa shape index (κ2) is 24.8. The molecule has 0 spiro atoms. The molecule has 1 heterocycles. The summed E-state index contributed by atoms with van der Waals surface area (Å²) in [6.07, 6.45) is 1.26. The highest BCUT2D eigenvalue weighted by molar-refractivity contribution is 6.28. The SMILES string of the molecule is CC(C)(C)OC(=O)N[C@@H](CC/C(CCl)=N/OCc1ccccc1)C(=O)OCc1ccccc1.O=C(OCc1ccccc1)[C@@H]1CC/C(=N/OCc2ccccc2)CN1. The molecule has 2 N–H and O–H groups in total. The van der Waals surface area contributed by atoms with Crippen LogP contribution in [-0.4, -0.2) is 59.6 Å². The van der Waals surface area contributed by atoms with Crippen molar-refractivity contribution in [1.29, 1.82) is 0 Å². The molecule has 0 aliphatic carbocycles. The van der Waals surface area contributed by atoms with Gasteiger partial charge in [-0.05, 0) is 68.7 Å². The fourth-order valence-electron chi connectivity index (χ4n) is 5.37. The first kappa shape index (κ1) is 45.0. The summed E-state index contributed by atoms with van der Waals surface area (Å²) in [7, 11) is 0. The zero-order valence-electron chi connectivity index (χ0n) is 33.3. The van der Waals surface area contributed by atoms with Crippen LogP contribution < -0.4 is 10.6 Å². The summed E-state index contributed by atoms with van der Waals surface area (Å²) in [4.78, 5) is 47.9. The Bertz CT molecular complexity index is 1860. The van der Waals surface area contributed by atoms with Crippen molar-refractivity contribution >= 4 is 41.1 Å². The molecule has 0 unspecified atom stereocenters. The van der Waals surface area contributed by atoms with Gasteiger partial charge in [0.1, 0.15) is 44.1 Å². The number of alkyl halides is 1. The molecule has 58 heavy (non-hydrogen) atoms. The molecule has 0 radical (unpaired) electrons. The maximum absolute atomic E-state index is 12.7. The van der Waals surface area contributed by atoms with E-state index in [0.29, 0.717) is 44.9 Å². The lowest BCUT2D eigenvalue weighted by Crippen LogP contribution is -2.45. The van der Waals surface area contributed by atoms with E-state index in [2.05, 4.69) is 20.9 Å². The van der Waals surface area contributed by atoms with Crippen LogP contribution in [0.3, 0.4) is 0 Å². The Labute approximate surface area is 345 Å². The Morgan fingerprint density at radius 2 is 1.24 bits per heavy atom. The highest BCUT2D eigenvalue weighted by Gasteiger charge is 2.27. The number of nitrogens with zero attached hydrogens (tertiary/aromatic N) is 2. The van der Waals surface area contributed by atoms with E-state index in [0.717, 1.165) is 34.4 Å². The fraction of sp³-hybridized carbons (Fsp3) is 0.356. The molecular weight excluding hydrogens is 760 g/mol. The average molecular weight is 813 g/mol. The minimum Gasteiger partial charge on any atom is -0.460 e. The number of amides is 1. The number of carbonyl (C=O) groups excluding carboxylic acids is 3. The van der Waals surface area contributed by atoms with Gasteiger partial charge in [0.2, 0.25) is 0 Å². The Morgan fingerprint density at radius 3 is 1.72 bits per heavy atom. The Balaban J connectivity index is 0.000000266. The summed E-state index contributed by atoms with van der Waals surface area (Å²) in [5, 5.41) is 14.0. The maximum atomic E-state index is 12.7. The standard InChI is InChI=1S/C25H31ClN2O5.C20H22N2O3/c1-25(2,3)33-24(30)27-22(23(29)31-17-19-10-6-4-7-11-19)15-14-21(16-26)28-32-18-20-12-8-5-9-13-20;23-20(24-14-16-7-3-1-4-8-16)19-12-11-18(13-21-19)22-25-15-17-9-5-2-6-10-17/h4-13,22H,14-18H2,1-3H3,(H,27,30);1-10,19,21H,11-15H2/b28-21-;22-18-/t22-;19-/m00/s1. The number of alkyl carbamates (subject to hydrolysis) is 1. The van der Waals surface area contributed by atoms with Crippen molar-refractivity contribution in [3.05, 3.63) is 144 Å². The van der Waals surface area contributed by atoms with Crippen LogP contribution in [0.15, 0.2) is 132 Å². The lowest BCUT2D eigenvalue weighted by atomic mass is 10.0. The first-order valence-corrected chi connectivity index (χ1v) is 19.7. The molecule has 4 aromatic rings. The van der Waals surface area contributed by atoms with Crippen molar-refractivity contribution in [2.24, 2.45) is 10.3 Å². The van der Waals surface area contributed by atoms with E-state index < -0.39 is 23.7 Å². The summed E-state index contributed by atoms with van der Waals surface area (Å²) >= 11 is 6.01. The highest BCUT2D eigenvalue weighted by Crippen LogP contribution is 2.13. The molecule has 0 bridgehead atoms. The minimum absolute atomic E-state index is 0.100. The molecule has 12 nitrogen and oxygen atoms in total. The summed E-state index contributed by atoms with van der Waals surface area (Å²) in [6, 6.07) is 37.3. The van der Waals surface area contributed by atoms with Gasteiger partial charge in [-0.1, -0.05) is 132 Å². The van der Waals surface area contributed by atoms with Crippen molar-refractivity contribution in [3.63, 3.8) is 0 Å². The third-order valence-electron chi connectivity index (χ3n) is 8.39. The molecule has 1 saturated heterocycles. The number of halogens is 1. The second-order valence-electron chi connectivity index (χ2n) is 14.4. The number of ether oxygens (including phenoxy) is 3. The quantitative estimate of drug-likeness (QED) is 0.0354. The topological polar surface area (TPSA) is 146 Å². The normalized spacial score (nSPS) is 15.2. The number of nitrogens with one attached hydrogen (secondary N) is 2. The third-order valence-corrected chi connectivity index (χ3v) is 8.70. The third kappa shape index (κ3) is 18.0. The van der Waals surface area contributed by atoms with Crippen molar-refractivity contribution in [2.75, 3.05) is 12.4 Å². The van der Waals surface area contributed by atoms with Gasteiger partial charge in [-0.3, -0.25) is 10.1 Å². The van der Waals surface area contributed by atoms with E-state index in [9.17, 15) is 14.4 Å². The summed E-state index contributed by atoms with van der Waals surface area (Å²) in [6.45, 7) is 6.95. The van der Waals surface area contributed by atoms with E-state index in [4.69, 9.17) is 35.5 Å². The van der Waals surface area contributed by atoms with Gasteiger partial charge < -0.3 is 29.2 Å². The molecule has 1 amide bonds. The Morgan fingerprint density at radius 1 is 0.741 bits per heavy atom. The molecule has 308 valence electrons. The van der Waals surface area contributed by atoms with E-state index in [1.54, 1.807) is 20.8 Å². The summed E-state index contributed by atoms with van der Waals surface area (Å²) < 4.78 is 16.1. The monoisotopic (exact) mass is 812 g/mol. The number of rotatable bonds is 17. The van der Waals surface area contributed by atoms with Crippen LogP contribution in [0.1, 0.15) is 68.7 Å². The van der Waals surface area contributed by atoms with Gasteiger partial charge in [-0.25, -0.2) is 9.59 Å². The molecule has 1 aliphatic rings. The molecule has 0 saturated carbocycles. The highest BCUT2D eigenvalue weighted by atomic mass is 35.5. The van der Waals surface area contributed by atoms with Crippen LogP contribution in [-0.2, 0) is 59.9 Å². The summed E-state index contributed by atoms with van der Waals surface area (Å²) in [5.74, 6) is -0.649. The van der Waals surface area contributed by atoms with Gasteiger partial charge in [-0.2, -0.15) is 0 Å². The molecular formula is C45H53ClN4O8. The largest absolute Gasteiger partial charge is 0.460 e. The molecule has 1 aliphatic heterocycles. The van der Waals surface area contributed by atoms with E-state index in [-0.39, 0.29) is 30.9 Å². The first-order chi connectivity index (χ1) is 28.1. The minimum atomic E-state index is -0.925. The zero-order valence-corrected chi connectivity index (χ0v) is 34.1. The van der Waals surface area contributed by atoms with E-state index >= 15 is 0 Å². The number of oxime groups is 2. The van der Waals surface area contributed by atoms with Crippen molar-refractivity contribution in [1.82, 2.24) is 10.6 Å². The van der Waals surface area contributed by atoms with Crippen LogP contribution in [0.4, 0.5) is 4.79 Å². The maximum Gasteiger partial charge on any atom is 0.408 e. The van der Waals surface area contributed by atoms with E-state index in [1.807, 2.05) is 121 Å². The van der Waals surface area contributed by atoms with Crippen molar-refractivity contribution in [2.45, 2.75) is 90.6 Å². The van der Waals surface area contributed by atoms with Crippen LogP contribution in [0.2, 0.25) is 0 Å². The first-order valence-electron chi connectivity index (χ1n) is 19.2. The molecule has 2 atom stereocenters. The van der Waals surface area contributed by atoms with Gasteiger partial charge in [0.05, 0.1) is 17.3 Å². The number of hydrogen-bond acceptors (Lipinski definition) is 11. The molecule has 0 aromatic heterocycles. The lowest BCUT2D eigenvalue weighted by molar-refractivity contribution is -0.148. The number of carbonyl (C=O) groups is 3. The summed E-state index contributed by atoms with van der Waals surface area (Å²) in [5.41, 5.74) is 4.67. The lowest BCUT2D eigenvalue weighted by Gasteiger charge is -2.23. The molecule has 13 heteroatoms. The van der Waals surface area contributed by atoms with Crippen LogP contribution in [0.5, 0.6) is 0 Å². The predicted molar refractivity (Wildman–Crippen MR) is 224 cm³/mol. The second-order valence-corrected chi connectivity index (χ2v) is 14.6. The number of hydrogen-bond donors (Lipinski definition) is 2. The van der Waals surface area contributed by atoms with Crippen LogP contribution in [0, 0.1) is 0 Å². The van der Waals surface area contributed by atoms with Crippen molar-refractivity contribution in [3.8, 4) is 0 Å². The number of esters is 2. The number of piperidine rings is 1. The predicted octanol–water partition coefficient (Wildman–Crippen LogP) is 8.27. The van der Waals surface area contributed by atoms with Gasteiger partial charge in [0.25, 0.3) is 0 Å². The van der Waals surface area contributed by atoms with E-state index in [1.165, 1.54) is 0 Å². The fourth-order valence-corrected chi connectivity index (χ4v) is 5.55. The number of benzene rings is 4. The average Bonchev–Trinajstić information content (AvgIpc) is 3.24. The Hall–Kier alpha value is -5.72. The Kier molecular flexibility index (Phi) is 19.2. The zero-order chi connectivity index (χ0) is 41.4. The van der Waals surface area contributed by atoms with Gasteiger partial charge in [0.15, 0.2) is 0 Å². The van der Waals surface area contributed by atoms with Gasteiger partial charge >= 0.3 is 18.0 Å². The van der Waals surface area contributed by atoms with Crippen LogP contribution >= 0.6 is 11.6 Å². The van der Waals surface area contributed by atoms with Gasteiger partial charge in [0, 0.05) is 6.54 Å². The molecule has 4 aromatic carbocycles. The smallest absolute Gasteiger partial charge is 0.408 e. The van der Waals surface area contributed by atoms with Crippen LogP contribution in [0.25, 0.3) is 0 Å². The molecule has 1 fully saturated rings. The molecule has 5 rings (SSSR count).